The van der Waals surface area contributed by atoms with Crippen molar-refractivity contribution in [1.82, 2.24) is 0 Å². The minimum absolute atomic E-state index is 0. The molecule has 0 unspecified atom stereocenters. The van der Waals surface area contributed by atoms with E-state index in [9.17, 15) is 0 Å². The van der Waals surface area contributed by atoms with Crippen LogP contribution in [-0.4, -0.2) is 44.1 Å². The van der Waals surface area contributed by atoms with Crippen LogP contribution in [0, 0.1) is 0 Å². The van der Waals surface area contributed by atoms with Crippen LogP contribution in [0.5, 0.6) is 0 Å². The quantitative estimate of drug-likeness (QED) is 0.657. The highest BCUT2D eigenvalue weighted by Gasteiger charge is 1.72. The van der Waals surface area contributed by atoms with E-state index in [-0.39, 0.29) is 34.1 Å². The molecule has 0 amide bonds. The molecule has 0 aromatic carbocycles. The Morgan fingerprint density at radius 1 is 0.533 bits per heavy atom. The van der Waals surface area contributed by atoms with E-state index in [4.69, 9.17) is 10.0 Å². The van der Waals surface area contributed by atoms with E-state index in [0.717, 1.165) is 0 Å². The van der Waals surface area contributed by atoms with Gasteiger partial charge in [-0.15, -0.1) is 0 Å². The SMILES string of the molecule is C[SiH](C)C.C[SiH](C)C.C[SiH](C)C.O[B]O. The molecule has 6 heteroatoms. The van der Waals surface area contributed by atoms with Crippen molar-refractivity contribution in [3.05, 3.63) is 0 Å². The van der Waals surface area contributed by atoms with Gasteiger partial charge in [0, 0.05) is 26.4 Å². The molecule has 0 rings (SSSR count). The van der Waals surface area contributed by atoms with Crippen molar-refractivity contribution in [3.63, 3.8) is 0 Å². The first kappa shape index (κ1) is 24.7. The van der Waals surface area contributed by atoms with Crippen molar-refractivity contribution in [1.29, 1.82) is 0 Å². The van der Waals surface area contributed by atoms with Gasteiger partial charge in [-0.05, 0) is 0 Å². The van der Waals surface area contributed by atoms with Gasteiger partial charge in [0.1, 0.15) is 0 Å². The van der Waals surface area contributed by atoms with E-state index in [2.05, 4.69) is 58.9 Å². The Balaban J connectivity index is -0.0000000542. The molecule has 0 bridgehead atoms. The summed E-state index contributed by atoms with van der Waals surface area (Å²) in [5.41, 5.74) is 0. The van der Waals surface area contributed by atoms with Gasteiger partial charge in [-0.2, -0.15) is 0 Å². The molecule has 0 spiro atoms. The Morgan fingerprint density at radius 3 is 0.533 bits per heavy atom. The third kappa shape index (κ3) is 5780. The molecule has 0 aliphatic rings. The topological polar surface area (TPSA) is 40.5 Å². The molecule has 0 aromatic rings. The Kier molecular flexibility index (Phi) is 39.7. The summed E-state index contributed by atoms with van der Waals surface area (Å²) in [5, 5.41) is 14.0. The first-order chi connectivity index (χ1) is 6.61. The molecule has 2 N–H and O–H groups in total. The summed E-state index contributed by atoms with van der Waals surface area (Å²) in [4.78, 5) is 0. The van der Waals surface area contributed by atoms with Crippen molar-refractivity contribution in [2.45, 2.75) is 58.9 Å². The second-order valence-electron chi connectivity index (χ2n) is 5.31. The molecule has 0 fully saturated rings. The zero-order valence-electron chi connectivity index (χ0n) is 12.2. The van der Waals surface area contributed by atoms with Gasteiger partial charge in [0.15, 0.2) is 0 Å². The van der Waals surface area contributed by atoms with Gasteiger partial charge in [0.05, 0.1) is 0 Å². The Morgan fingerprint density at radius 2 is 0.533 bits per heavy atom. The summed E-state index contributed by atoms with van der Waals surface area (Å²) in [6, 6.07) is 0. The van der Waals surface area contributed by atoms with E-state index in [1.54, 1.807) is 0 Å². The van der Waals surface area contributed by atoms with Crippen LogP contribution in [0.4, 0.5) is 0 Å². The van der Waals surface area contributed by atoms with E-state index in [0.29, 0.717) is 0 Å². The molecular weight excluding hydrogens is 235 g/mol. The summed E-state index contributed by atoms with van der Waals surface area (Å²) < 4.78 is 0. The normalized spacial score (nSPS) is 8.13. The van der Waals surface area contributed by atoms with Gasteiger partial charge < -0.3 is 10.0 Å². The summed E-state index contributed by atoms with van der Waals surface area (Å²) in [6.07, 6.45) is 0. The monoisotopic (exact) mass is 267 g/mol. The van der Waals surface area contributed by atoms with Gasteiger partial charge in [0.2, 0.25) is 0 Å². The van der Waals surface area contributed by atoms with E-state index in [1.807, 2.05) is 0 Å². The molecule has 0 aliphatic heterocycles. The highest BCUT2D eigenvalue weighted by atomic mass is 28.3. The van der Waals surface area contributed by atoms with Crippen molar-refractivity contribution < 1.29 is 10.0 Å². The molecule has 0 saturated carbocycles. The highest BCUT2D eigenvalue weighted by Crippen LogP contribution is 1.68. The van der Waals surface area contributed by atoms with Crippen molar-refractivity contribution in [3.8, 4) is 0 Å². The second-order valence-corrected chi connectivity index (χ2v) is 15.7. The lowest BCUT2D eigenvalue weighted by Crippen LogP contribution is -1.84. The lowest BCUT2D eigenvalue weighted by atomic mass is 10.5. The summed E-state index contributed by atoms with van der Waals surface area (Å²) in [6.45, 7) is 20.8. The first-order valence-electron chi connectivity index (χ1n) is 5.71. The molecule has 0 aromatic heterocycles. The van der Waals surface area contributed by atoms with Crippen molar-refractivity contribution >= 4 is 34.1 Å². The molecular formula is C9H32BO2Si3. The molecule has 1 radical (unpaired) electrons. The Labute approximate surface area is 103 Å². The molecule has 0 aliphatic carbocycles. The molecule has 15 heavy (non-hydrogen) atoms. The first-order valence-corrected chi connectivity index (χ1v) is 16.1. The standard InChI is InChI=1S/3C3H10Si.BH2O2/c3*1-4(2)3;2-1-3/h3*4H,1-3H3;2-3H. The average Bonchev–Trinajstić information content (AvgIpc) is 1.81. The van der Waals surface area contributed by atoms with Gasteiger partial charge in [-0.25, -0.2) is 0 Å². The van der Waals surface area contributed by atoms with Crippen LogP contribution in [0.3, 0.4) is 0 Å². The number of hydrogen-bond acceptors (Lipinski definition) is 2. The van der Waals surface area contributed by atoms with Crippen LogP contribution in [0.2, 0.25) is 58.9 Å². The Hall–Kier alpha value is 0.636. The van der Waals surface area contributed by atoms with Crippen LogP contribution >= 0.6 is 0 Å². The summed E-state index contributed by atoms with van der Waals surface area (Å²) in [5.74, 6) is 0. The average molecular weight is 267 g/mol. The predicted octanol–water partition coefficient (Wildman–Crippen LogP) is 1.81. The zero-order valence-corrected chi connectivity index (χ0v) is 15.7. The van der Waals surface area contributed by atoms with Crippen molar-refractivity contribution in [2.24, 2.45) is 0 Å². The highest BCUT2D eigenvalue weighted by molar-refractivity contribution is 6.54. The lowest BCUT2D eigenvalue weighted by molar-refractivity contribution is 0.448. The largest absolute Gasteiger partial charge is 0.482 e. The van der Waals surface area contributed by atoms with E-state index in [1.165, 1.54) is 0 Å². The summed E-state index contributed by atoms with van der Waals surface area (Å²) >= 11 is 0. The van der Waals surface area contributed by atoms with Gasteiger partial charge in [-0.1, -0.05) is 58.9 Å². The van der Waals surface area contributed by atoms with Gasteiger partial charge in [0.25, 0.3) is 0 Å². The second kappa shape index (κ2) is 24.1. The molecule has 0 saturated heterocycles. The van der Waals surface area contributed by atoms with E-state index >= 15 is 0 Å². The minimum atomic E-state index is -0.139. The fraction of sp³-hybridized carbons (Fsp3) is 1.00. The van der Waals surface area contributed by atoms with Gasteiger partial charge in [-0.3, -0.25) is 0 Å². The Bertz CT molecular complexity index is 61.2. The fourth-order valence-electron chi connectivity index (χ4n) is 0. The molecule has 95 valence electrons. The van der Waals surface area contributed by atoms with Crippen LogP contribution in [0.15, 0.2) is 0 Å². The van der Waals surface area contributed by atoms with Crippen LogP contribution in [0.1, 0.15) is 0 Å². The van der Waals surface area contributed by atoms with Crippen molar-refractivity contribution in [2.75, 3.05) is 0 Å². The third-order valence-electron chi connectivity index (χ3n) is 0. The lowest BCUT2D eigenvalue weighted by Gasteiger charge is -1.75. The zero-order chi connectivity index (χ0) is 13.4. The van der Waals surface area contributed by atoms with Crippen LogP contribution in [0.25, 0.3) is 0 Å². The molecule has 0 heterocycles. The third-order valence-corrected chi connectivity index (χ3v) is 0. The van der Waals surface area contributed by atoms with Gasteiger partial charge >= 0.3 is 7.69 Å². The maximum atomic E-state index is 7.00. The smallest absolute Gasteiger partial charge is 0.429 e. The number of hydrogen-bond donors (Lipinski definition) is 2. The summed E-state index contributed by atoms with van der Waals surface area (Å²) in [7, 11) is -0.417. The van der Waals surface area contributed by atoms with E-state index < -0.39 is 0 Å². The molecule has 2 nitrogen and oxygen atoms in total. The maximum absolute atomic E-state index is 7.00. The number of rotatable bonds is 0. The minimum Gasteiger partial charge on any atom is -0.429 e. The molecule has 0 atom stereocenters. The van der Waals surface area contributed by atoms with Crippen LogP contribution in [-0.2, 0) is 0 Å². The van der Waals surface area contributed by atoms with Crippen LogP contribution < -0.4 is 0 Å². The maximum Gasteiger partial charge on any atom is 0.482 e. The predicted molar refractivity (Wildman–Crippen MR) is 84.4 cm³/mol. The fourth-order valence-corrected chi connectivity index (χ4v) is 0.